The normalized spacial score (nSPS) is 16.5. The van der Waals surface area contributed by atoms with E-state index in [0.29, 0.717) is 0 Å². The smallest absolute Gasteiger partial charge is 0.333 e. The molecule has 0 rings (SSSR count). The fourth-order valence-electron chi connectivity index (χ4n) is 1.55. The van der Waals surface area contributed by atoms with Crippen molar-refractivity contribution in [2.24, 2.45) is 0 Å². The summed E-state index contributed by atoms with van der Waals surface area (Å²) >= 11 is 0. The predicted molar refractivity (Wildman–Crippen MR) is 59.8 cm³/mol. The molecule has 0 bridgehead atoms. The van der Waals surface area contributed by atoms with Crippen molar-refractivity contribution < 1.29 is 15.0 Å². The van der Waals surface area contributed by atoms with E-state index in [1.54, 1.807) is 6.08 Å². The van der Waals surface area contributed by atoms with E-state index in [0.717, 1.165) is 13.1 Å². The van der Waals surface area contributed by atoms with Gasteiger partial charge in [-0.1, -0.05) is 19.9 Å². The Bertz CT molecular complexity index is 232. The van der Waals surface area contributed by atoms with Crippen LogP contribution >= 0.6 is 0 Å². The first kappa shape index (κ1) is 14.1. The van der Waals surface area contributed by atoms with Crippen molar-refractivity contribution in [1.82, 2.24) is 4.90 Å². The number of aliphatic carboxylic acids is 1. The number of hydrogen-bond acceptors (Lipinski definition) is 3. The van der Waals surface area contributed by atoms with Gasteiger partial charge in [-0.25, -0.2) is 4.79 Å². The second-order valence-electron chi connectivity index (χ2n) is 3.56. The van der Waals surface area contributed by atoms with Crippen LogP contribution in [0.1, 0.15) is 27.7 Å². The second kappa shape index (κ2) is 6.58. The van der Waals surface area contributed by atoms with Crippen LogP contribution in [-0.4, -0.2) is 46.3 Å². The molecule has 2 atom stereocenters. The largest absolute Gasteiger partial charge is 0.478 e. The van der Waals surface area contributed by atoms with E-state index in [9.17, 15) is 9.90 Å². The Labute approximate surface area is 91.2 Å². The number of nitrogens with zero attached hydrogens (tertiary/aromatic N) is 1. The van der Waals surface area contributed by atoms with Gasteiger partial charge in [0.25, 0.3) is 0 Å². The van der Waals surface area contributed by atoms with Gasteiger partial charge in [0.1, 0.15) is 0 Å². The zero-order valence-corrected chi connectivity index (χ0v) is 9.90. The van der Waals surface area contributed by atoms with E-state index < -0.39 is 12.1 Å². The molecule has 0 aromatic heterocycles. The van der Waals surface area contributed by atoms with Gasteiger partial charge in [-0.05, 0) is 26.9 Å². The van der Waals surface area contributed by atoms with E-state index in [2.05, 4.69) is 4.90 Å². The summed E-state index contributed by atoms with van der Waals surface area (Å²) in [4.78, 5) is 12.9. The van der Waals surface area contributed by atoms with E-state index >= 15 is 0 Å². The maximum atomic E-state index is 10.8. The Morgan fingerprint density at radius 1 is 1.33 bits per heavy atom. The van der Waals surface area contributed by atoms with Gasteiger partial charge in [-0.3, -0.25) is 4.90 Å². The highest BCUT2D eigenvalue weighted by molar-refractivity contribution is 5.87. The molecule has 0 radical (unpaired) electrons. The topological polar surface area (TPSA) is 60.8 Å². The van der Waals surface area contributed by atoms with E-state index in [4.69, 9.17) is 5.11 Å². The van der Waals surface area contributed by atoms with E-state index in [-0.39, 0.29) is 11.6 Å². The molecule has 0 amide bonds. The van der Waals surface area contributed by atoms with E-state index in [1.807, 2.05) is 20.8 Å². The third-order valence-corrected chi connectivity index (χ3v) is 2.51. The summed E-state index contributed by atoms with van der Waals surface area (Å²) < 4.78 is 0. The van der Waals surface area contributed by atoms with Crippen LogP contribution in [0, 0.1) is 0 Å². The van der Waals surface area contributed by atoms with Crippen molar-refractivity contribution in [2.45, 2.75) is 39.8 Å². The SMILES string of the molecule is CCN(CC)C(C)C=C(C(=O)O)C(C)O. The summed E-state index contributed by atoms with van der Waals surface area (Å²) in [6.07, 6.45) is 0.681. The average molecular weight is 215 g/mol. The highest BCUT2D eigenvalue weighted by Crippen LogP contribution is 2.08. The maximum absolute atomic E-state index is 10.8. The Hall–Kier alpha value is -0.870. The van der Waals surface area contributed by atoms with Gasteiger partial charge in [0.05, 0.1) is 11.7 Å². The molecule has 0 aliphatic heterocycles. The van der Waals surface area contributed by atoms with E-state index in [1.165, 1.54) is 6.92 Å². The minimum Gasteiger partial charge on any atom is -0.478 e. The third kappa shape index (κ3) is 4.44. The molecular weight excluding hydrogens is 194 g/mol. The Balaban J connectivity index is 4.74. The summed E-state index contributed by atoms with van der Waals surface area (Å²) in [5.74, 6) is -1.05. The zero-order valence-electron chi connectivity index (χ0n) is 9.90. The number of aliphatic hydroxyl groups excluding tert-OH is 1. The molecule has 0 aliphatic carbocycles. The van der Waals surface area contributed by atoms with Crippen molar-refractivity contribution in [3.8, 4) is 0 Å². The van der Waals surface area contributed by atoms with Crippen molar-refractivity contribution in [1.29, 1.82) is 0 Å². The van der Waals surface area contributed by atoms with Crippen LogP contribution in [0.2, 0.25) is 0 Å². The highest BCUT2D eigenvalue weighted by Gasteiger charge is 2.16. The summed E-state index contributed by atoms with van der Waals surface area (Å²) in [5.41, 5.74) is 0.0643. The number of carbonyl (C=O) groups is 1. The number of hydrogen-bond donors (Lipinski definition) is 2. The molecule has 0 saturated carbocycles. The van der Waals surface area contributed by atoms with Gasteiger partial charge >= 0.3 is 5.97 Å². The van der Waals surface area contributed by atoms with Crippen LogP contribution < -0.4 is 0 Å². The van der Waals surface area contributed by atoms with Crippen molar-refractivity contribution in [3.63, 3.8) is 0 Å². The molecule has 0 aliphatic rings. The lowest BCUT2D eigenvalue weighted by Crippen LogP contribution is -2.32. The number of likely N-dealkylation sites (N-methyl/N-ethyl adjacent to an activating group) is 1. The summed E-state index contributed by atoms with van der Waals surface area (Å²) in [5, 5.41) is 18.2. The maximum Gasteiger partial charge on any atom is 0.333 e. The van der Waals surface area contributed by atoms with Gasteiger partial charge in [0, 0.05) is 6.04 Å². The lowest BCUT2D eigenvalue weighted by Gasteiger charge is -2.24. The van der Waals surface area contributed by atoms with Gasteiger partial charge in [-0.15, -0.1) is 0 Å². The fraction of sp³-hybridized carbons (Fsp3) is 0.727. The van der Waals surface area contributed by atoms with Crippen LogP contribution in [0.15, 0.2) is 11.6 Å². The molecule has 0 fully saturated rings. The van der Waals surface area contributed by atoms with Gasteiger partial charge < -0.3 is 10.2 Å². The first-order chi connectivity index (χ1) is 6.93. The van der Waals surface area contributed by atoms with Crippen molar-refractivity contribution in [3.05, 3.63) is 11.6 Å². The molecule has 2 unspecified atom stereocenters. The minimum atomic E-state index is -1.05. The summed E-state index contributed by atoms with van der Waals surface area (Å²) in [7, 11) is 0. The molecule has 0 aromatic carbocycles. The molecule has 2 N–H and O–H groups in total. The molecule has 0 saturated heterocycles. The van der Waals surface area contributed by atoms with Crippen LogP contribution in [0.4, 0.5) is 0 Å². The van der Waals surface area contributed by atoms with Crippen LogP contribution in [0.5, 0.6) is 0 Å². The molecule has 4 heteroatoms. The van der Waals surface area contributed by atoms with Gasteiger partial charge in [0.2, 0.25) is 0 Å². The number of rotatable bonds is 6. The lowest BCUT2D eigenvalue weighted by molar-refractivity contribution is -0.133. The quantitative estimate of drug-likeness (QED) is 0.652. The molecule has 88 valence electrons. The lowest BCUT2D eigenvalue weighted by atomic mass is 10.1. The second-order valence-corrected chi connectivity index (χ2v) is 3.56. The first-order valence-corrected chi connectivity index (χ1v) is 5.31. The zero-order chi connectivity index (χ0) is 12.0. The first-order valence-electron chi connectivity index (χ1n) is 5.31. The third-order valence-electron chi connectivity index (χ3n) is 2.51. The average Bonchev–Trinajstić information content (AvgIpc) is 2.15. The Morgan fingerprint density at radius 2 is 1.80 bits per heavy atom. The minimum absolute atomic E-state index is 0.0284. The predicted octanol–water partition coefficient (Wildman–Crippen LogP) is 1.11. The van der Waals surface area contributed by atoms with Crippen molar-refractivity contribution in [2.75, 3.05) is 13.1 Å². The van der Waals surface area contributed by atoms with Crippen LogP contribution in [0.3, 0.4) is 0 Å². The number of aliphatic hydroxyl groups is 1. The molecule has 15 heavy (non-hydrogen) atoms. The molecule has 0 heterocycles. The standard InChI is InChI=1S/C11H21NO3/c1-5-12(6-2)8(3)7-10(9(4)13)11(14)15/h7-9,13H,5-6H2,1-4H3,(H,14,15). The van der Waals surface area contributed by atoms with Gasteiger partial charge in [-0.2, -0.15) is 0 Å². The summed E-state index contributed by atoms with van der Waals surface area (Å²) in [6.45, 7) is 9.17. The Kier molecular flexibility index (Phi) is 6.20. The van der Waals surface area contributed by atoms with Crippen LogP contribution in [0.25, 0.3) is 0 Å². The molecule has 4 nitrogen and oxygen atoms in total. The monoisotopic (exact) mass is 215 g/mol. The molecule has 0 spiro atoms. The highest BCUT2D eigenvalue weighted by atomic mass is 16.4. The van der Waals surface area contributed by atoms with Gasteiger partial charge in [0.15, 0.2) is 0 Å². The number of carboxylic acids is 1. The molecular formula is C11H21NO3. The number of carboxylic acid groups (broad SMARTS) is 1. The molecule has 0 aromatic rings. The summed E-state index contributed by atoms with van der Waals surface area (Å²) in [6, 6.07) is 0.0284. The van der Waals surface area contributed by atoms with Crippen LogP contribution in [-0.2, 0) is 4.79 Å². The Morgan fingerprint density at radius 3 is 2.07 bits per heavy atom. The fourth-order valence-corrected chi connectivity index (χ4v) is 1.55. The van der Waals surface area contributed by atoms with Crippen molar-refractivity contribution >= 4 is 5.97 Å².